The van der Waals surface area contributed by atoms with Crippen LogP contribution in [0.15, 0.2) is 87.2 Å². The zero-order chi connectivity index (χ0) is 25.2. The largest absolute Gasteiger partial charge is 0.493 e. The van der Waals surface area contributed by atoms with Crippen LogP contribution in [0.1, 0.15) is 22.3 Å². The van der Waals surface area contributed by atoms with Gasteiger partial charge in [0.15, 0.2) is 16.7 Å². The third-order valence-corrected chi connectivity index (χ3v) is 7.17. The second-order valence-corrected chi connectivity index (χ2v) is 9.93. The van der Waals surface area contributed by atoms with Gasteiger partial charge >= 0.3 is 0 Å². The summed E-state index contributed by atoms with van der Waals surface area (Å²) < 4.78 is 12.3. The van der Waals surface area contributed by atoms with Crippen LogP contribution in [0.25, 0.3) is 11.8 Å². The Balaban J connectivity index is 1.43. The van der Waals surface area contributed by atoms with E-state index in [1.807, 2.05) is 73.0 Å². The lowest BCUT2D eigenvalue weighted by Gasteiger charge is -2.27. The summed E-state index contributed by atoms with van der Waals surface area (Å²) >= 11 is 4.92. The molecule has 8 heteroatoms. The van der Waals surface area contributed by atoms with E-state index in [9.17, 15) is 4.79 Å². The average molecular weight is 560 g/mol. The number of benzene rings is 3. The van der Waals surface area contributed by atoms with Crippen LogP contribution in [-0.4, -0.2) is 28.9 Å². The fraction of sp³-hybridized carbons (Fsp3) is 0.107. The minimum atomic E-state index is -0.448. The zero-order valence-corrected chi connectivity index (χ0v) is 22.0. The summed E-state index contributed by atoms with van der Waals surface area (Å²) in [7, 11) is 1.57. The zero-order valence-electron chi connectivity index (χ0n) is 19.6. The number of fused-ring (bicyclic) bond motifs is 1. The van der Waals surface area contributed by atoms with Gasteiger partial charge in [-0.25, -0.2) is 0 Å². The molecule has 180 valence electrons. The van der Waals surface area contributed by atoms with Gasteiger partial charge in [-0.3, -0.25) is 15.1 Å². The summed E-state index contributed by atoms with van der Waals surface area (Å²) in [5.74, 6) is 0.718. The number of nitrogens with one attached hydrogen (secondary N) is 1. The molecule has 0 saturated heterocycles. The minimum Gasteiger partial charge on any atom is -0.493 e. The van der Waals surface area contributed by atoms with Crippen LogP contribution in [0.4, 0.5) is 0 Å². The van der Waals surface area contributed by atoms with Crippen molar-refractivity contribution >= 4 is 56.4 Å². The number of aliphatic imine (C=N–C) groups is 1. The molecule has 5 rings (SSSR count). The van der Waals surface area contributed by atoms with Gasteiger partial charge in [0, 0.05) is 5.41 Å². The molecule has 0 atom stereocenters. The molecule has 3 aromatic carbocycles. The molecule has 0 aromatic heterocycles. The Morgan fingerprint density at radius 2 is 1.86 bits per heavy atom. The van der Waals surface area contributed by atoms with E-state index >= 15 is 0 Å². The van der Waals surface area contributed by atoms with Crippen molar-refractivity contribution < 1.29 is 14.3 Å². The van der Waals surface area contributed by atoms with E-state index in [0.29, 0.717) is 33.3 Å². The summed E-state index contributed by atoms with van der Waals surface area (Å²) in [5, 5.41) is 11.2. The molecule has 1 N–H and O–H groups in total. The maximum absolute atomic E-state index is 12.9. The summed E-state index contributed by atoms with van der Waals surface area (Å²) in [6.07, 6.45) is 1.66. The van der Waals surface area contributed by atoms with Crippen molar-refractivity contribution in [2.24, 2.45) is 4.99 Å². The predicted molar refractivity (Wildman–Crippen MR) is 148 cm³/mol. The lowest BCUT2D eigenvalue weighted by atomic mass is 10.1. The first-order chi connectivity index (χ1) is 17.4. The SMILES string of the molecule is COc1cc(C=C2C(=N)N3C(c4ccccc4)=CSC3=NC2=O)cc(Br)c1OCc1ccc(C)cc1. The molecule has 0 aliphatic carbocycles. The van der Waals surface area contributed by atoms with Crippen LogP contribution in [0, 0.1) is 12.3 Å². The van der Waals surface area contributed by atoms with E-state index in [0.717, 1.165) is 16.8 Å². The summed E-state index contributed by atoms with van der Waals surface area (Å²) in [4.78, 5) is 18.8. The number of hydrogen-bond donors (Lipinski definition) is 1. The number of hydrogen-bond acceptors (Lipinski definition) is 5. The molecule has 0 fully saturated rings. The normalized spacial score (nSPS) is 16.1. The third-order valence-electron chi connectivity index (χ3n) is 5.75. The first-order valence-electron chi connectivity index (χ1n) is 11.2. The van der Waals surface area contributed by atoms with Gasteiger partial charge in [-0.15, -0.1) is 0 Å². The highest BCUT2D eigenvalue weighted by Gasteiger charge is 2.36. The number of nitrogens with zero attached hydrogens (tertiary/aromatic N) is 2. The molecule has 0 spiro atoms. The van der Waals surface area contributed by atoms with Crippen molar-refractivity contribution in [1.29, 1.82) is 5.41 Å². The molecule has 2 aliphatic rings. The van der Waals surface area contributed by atoms with Crippen molar-refractivity contribution in [1.82, 2.24) is 4.90 Å². The Kier molecular flexibility index (Phi) is 6.80. The molecular formula is C28H22BrN3O3S. The molecule has 3 aromatic rings. The summed E-state index contributed by atoms with van der Waals surface area (Å²) in [6, 6.07) is 21.5. The van der Waals surface area contributed by atoms with E-state index in [1.165, 1.54) is 17.3 Å². The number of aryl methyl sites for hydroxylation is 1. The topological polar surface area (TPSA) is 75.0 Å². The van der Waals surface area contributed by atoms with Gasteiger partial charge < -0.3 is 9.47 Å². The van der Waals surface area contributed by atoms with E-state index in [-0.39, 0.29) is 11.4 Å². The standard InChI is InChI=1S/C28H22BrN3O3S/c1-17-8-10-18(11-9-17)15-35-25-22(29)13-19(14-24(25)34-2)12-21-26(30)32-23(20-6-4-3-5-7-20)16-36-28(32)31-27(21)33/h3-14,16,30H,15H2,1-2H3. The Morgan fingerprint density at radius 1 is 1.11 bits per heavy atom. The number of amidine groups is 2. The Hall–Kier alpha value is -3.62. The van der Waals surface area contributed by atoms with Crippen molar-refractivity contribution in [3.8, 4) is 11.5 Å². The van der Waals surface area contributed by atoms with E-state index in [1.54, 1.807) is 24.2 Å². The van der Waals surface area contributed by atoms with Gasteiger partial charge in [-0.05, 0) is 57.8 Å². The Morgan fingerprint density at radius 3 is 2.58 bits per heavy atom. The Bertz CT molecular complexity index is 1450. The minimum absolute atomic E-state index is 0.0832. The van der Waals surface area contributed by atoms with Crippen LogP contribution in [0.3, 0.4) is 0 Å². The average Bonchev–Trinajstić information content (AvgIpc) is 3.31. The van der Waals surface area contributed by atoms with Gasteiger partial charge in [-0.1, -0.05) is 71.9 Å². The number of carbonyl (C=O) groups is 1. The molecule has 0 radical (unpaired) electrons. The molecule has 2 heterocycles. The molecule has 2 aliphatic heterocycles. The highest BCUT2D eigenvalue weighted by Crippen LogP contribution is 2.40. The highest BCUT2D eigenvalue weighted by atomic mass is 79.9. The molecule has 0 saturated carbocycles. The molecule has 6 nitrogen and oxygen atoms in total. The van der Waals surface area contributed by atoms with E-state index in [4.69, 9.17) is 14.9 Å². The van der Waals surface area contributed by atoms with Gasteiger partial charge in [-0.2, -0.15) is 4.99 Å². The van der Waals surface area contributed by atoms with Gasteiger partial charge in [0.2, 0.25) is 0 Å². The van der Waals surface area contributed by atoms with Crippen molar-refractivity contribution in [3.63, 3.8) is 0 Å². The lowest BCUT2D eigenvalue weighted by molar-refractivity contribution is -0.114. The lowest BCUT2D eigenvalue weighted by Crippen LogP contribution is -2.38. The van der Waals surface area contributed by atoms with Crippen LogP contribution in [0.5, 0.6) is 11.5 Å². The predicted octanol–water partition coefficient (Wildman–Crippen LogP) is 6.65. The number of rotatable bonds is 6. The van der Waals surface area contributed by atoms with Crippen LogP contribution in [0.2, 0.25) is 0 Å². The molecule has 1 amide bonds. The maximum atomic E-state index is 12.9. The number of halogens is 1. The number of methoxy groups -OCH3 is 1. The third kappa shape index (κ3) is 4.74. The quantitative estimate of drug-likeness (QED) is 0.342. The van der Waals surface area contributed by atoms with Crippen LogP contribution in [-0.2, 0) is 11.4 Å². The fourth-order valence-corrected chi connectivity index (χ4v) is 5.35. The van der Waals surface area contributed by atoms with Gasteiger partial charge in [0.25, 0.3) is 5.91 Å². The van der Waals surface area contributed by atoms with Crippen molar-refractivity contribution in [3.05, 3.63) is 104 Å². The number of ether oxygens (including phenoxy) is 2. The summed E-state index contributed by atoms with van der Waals surface area (Å²) in [5.41, 5.74) is 4.89. The van der Waals surface area contributed by atoms with Crippen molar-refractivity contribution in [2.45, 2.75) is 13.5 Å². The van der Waals surface area contributed by atoms with Crippen LogP contribution >= 0.6 is 27.7 Å². The second-order valence-electron chi connectivity index (χ2n) is 8.24. The monoisotopic (exact) mass is 559 g/mol. The van der Waals surface area contributed by atoms with Crippen LogP contribution < -0.4 is 9.47 Å². The first-order valence-corrected chi connectivity index (χ1v) is 12.8. The smallest absolute Gasteiger partial charge is 0.283 e. The number of amides is 1. The van der Waals surface area contributed by atoms with Gasteiger partial charge in [0.05, 0.1) is 22.9 Å². The highest BCUT2D eigenvalue weighted by molar-refractivity contribution is 9.10. The molecule has 0 unspecified atom stereocenters. The van der Waals surface area contributed by atoms with Crippen molar-refractivity contribution in [2.75, 3.05) is 7.11 Å². The maximum Gasteiger partial charge on any atom is 0.283 e. The first kappa shape index (κ1) is 24.1. The number of carbonyl (C=O) groups excluding carboxylic acids is 1. The van der Waals surface area contributed by atoms with E-state index < -0.39 is 5.91 Å². The fourth-order valence-electron chi connectivity index (χ4n) is 3.88. The van der Waals surface area contributed by atoms with Gasteiger partial charge in [0.1, 0.15) is 12.4 Å². The Labute approximate surface area is 222 Å². The van der Waals surface area contributed by atoms with E-state index in [2.05, 4.69) is 20.9 Å². The molecule has 36 heavy (non-hydrogen) atoms. The number of thioether (sulfide) groups is 1. The second kappa shape index (κ2) is 10.2. The summed E-state index contributed by atoms with van der Waals surface area (Å²) in [6.45, 7) is 2.43. The molecule has 0 bridgehead atoms. The molecular weight excluding hydrogens is 538 g/mol.